The maximum atomic E-state index is 12.0. The van der Waals surface area contributed by atoms with Crippen LogP contribution in [0.4, 0.5) is 0 Å². The molecule has 0 saturated heterocycles. The van der Waals surface area contributed by atoms with Gasteiger partial charge in [0.05, 0.1) is 0 Å². The molecule has 1 fully saturated rings. The molecule has 3 heteroatoms. The van der Waals surface area contributed by atoms with Gasteiger partial charge >= 0.3 is 0 Å². The molecule has 1 amide bonds. The predicted molar refractivity (Wildman–Crippen MR) is 71.8 cm³/mol. The lowest BCUT2D eigenvalue weighted by atomic mass is 9.89. The van der Waals surface area contributed by atoms with Crippen molar-refractivity contribution in [3.63, 3.8) is 0 Å². The Morgan fingerprint density at radius 3 is 2.78 bits per heavy atom. The average Bonchev–Trinajstić information content (AvgIpc) is 2.40. The van der Waals surface area contributed by atoms with E-state index >= 15 is 0 Å². The van der Waals surface area contributed by atoms with E-state index in [0.29, 0.717) is 17.0 Å². The van der Waals surface area contributed by atoms with Crippen LogP contribution in [0.25, 0.3) is 0 Å². The molecule has 1 aromatic rings. The third-order valence-corrected chi connectivity index (χ3v) is 3.83. The fourth-order valence-electron chi connectivity index (χ4n) is 2.59. The number of carbonyl (C=O) groups excluding carboxylic acids is 1. The quantitative estimate of drug-likeness (QED) is 0.862. The SMILES string of the molecule is Cc1c(O)cccc1C(=O)NCC1CCCCC1. The van der Waals surface area contributed by atoms with E-state index in [1.807, 2.05) is 0 Å². The summed E-state index contributed by atoms with van der Waals surface area (Å²) >= 11 is 0. The number of aromatic hydroxyl groups is 1. The zero-order chi connectivity index (χ0) is 13.0. The van der Waals surface area contributed by atoms with E-state index in [4.69, 9.17) is 0 Å². The maximum Gasteiger partial charge on any atom is 0.251 e. The van der Waals surface area contributed by atoms with Gasteiger partial charge in [0.25, 0.3) is 5.91 Å². The molecule has 0 atom stereocenters. The molecular weight excluding hydrogens is 226 g/mol. The van der Waals surface area contributed by atoms with Gasteiger partial charge in [-0.3, -0.25) is 4.79 Å². The lowest BCUT2D eigenvalue weighted by Gasteiger charge is -2.21. The average molecular weight is 247 g/mol. The number of nitrogens with one attached hydrogen (secondary N) is 1. The Bertz CT molecular complexity index is 423. The predicted octanol–water partition coefficient (Wildman–Crippen LogP) is 3.01. The molecule has 2 N–H and O–H groups in total. The molecule has 1 aromatic carbocycles. The standard InChI is InChI=1S/C15H21NO2/c1-11-13(8-5-9-14(11)17)15(18)16-10-12-6-3-2-4-7-12/h5,8-9,12,17H,2-4,6-7,10H2,1H3,(H,16,18). The Labute approximate surface area is 108 Å². The van der Waals surface area contributed by atoms with Crippen molar-refractivity contribution in [2.45, 2.75) is 39.0 Å². The monoisotopic (exact) mass is 247 g/mol. The number of benzene rings is 1. The minimum absolute atomic E-state index is 0.0750. The largest absolute Gasteiger partial charge is 0.508 e. The summed E-state index contributed by atoms with van der Waals surface area (Å²) in [4.78, 5) is 12.0. The van der Waals surface area contributed by atoms with Crippen molar-refractivity contribution in [2.24, 2.45) is 5.92 Å². The zero-order valence-corrected chi connectivity index (χ0v) is 10.9. The molecule has 2 rings (SSSR count). The molecule has 0 bridgehead atoms. The summed E-state index contributed by atoms with van der Waals surface area (Å²) < 4.78 is 0. The van der Waals surface area contributed by atoms with Gasteiger partial charge < -0.3 is 10.4 Å². The van der Waals surface area contributed by atoms with Crippen LogP contribution in [0.1, 0.15) is 48.0 Å². The molecule has 3 nitrogen and oxygen atoms in total. The van der Waals surface area contributed by atoms with Crippen LogP contribution in [0.2, 0.25) is 0 Å². The van der Waals surface area contributed by atoms with Gasteiger partial charge in [-0.25, -0.2) is 0 Å². The van der Waals surface area contributed by atoms with Crippen molar-refractivity contribution in [3.05, 3.63) is 29.3 Å². The van der Waals surface area contributed by atoms with Crippen molar-refractivity contribution in [1.29, 1.82) is 0 Å². The van der Waals surface area contributed by atoms with Gasteiger partial charge in [-0.2, -0.15) is 0 Å². The number of phenols is 1. The van der Waals surface area contributed by atoms with E-state index in [9.17, 15) is 9.90 Å². The van der Waals surface area contributed by atoms with E-state index in [1.165, 1.54) is 32.1 Å². The van der Waals surface area contributed by atoms with Gasteiger partial charge in [-0.15, -0.1) is 0 Å². The van der Waals surface area contributed by atoms with Crippen LogP contribution in [0.5, 0.6) is 5.75 Å². The molecule has 1 aliphatic rings. The summed E-state index contributed by atoms with van der Waals surface area (Å²) in [5, 5.41) is 12.6. The highest BCUT2D eigenvalue weighted by atomic mass is 16.3. The molecule has 0 unspecified atom stereocenters. The van der Waals surface area contributed by atoms with Crippen LogP contribution in [0.3, 0.4) is 0 Å². The topological polar surface area (TPSA) is 49.3 Å². The molecule has 0 heterocycles. The van der Waals surface area contributed by atoms with Crippen molar-refractivity contribution in [2.75, 3.05) is 6.54 Å². The van der Waals surface area contributed by atoms with Crippen LogP contribution in [0.15, 0.2) is 18.2 Å². The van der Waals surface area contributed by atoms with Crippen LogP contribution in [-0.4, -0.2) is 17.6 Å². The number of hydrogen-bond donors (Lipinski definition) is 2. The molecule has 1 aliphatic carbocycles. The normalized spacial score (nSPS) is 16.5. The molecule has 0 aromatic heterocycles. The third kappa shape index (κ3) is 3.03. The Kier molecular flexibility index (Phi) is 4.24. The second-order valence-corrected chi connectivity index (χ2v) is 5.16. The Balaban J connectivity index is 1.93. The van der Waals surface area contributed by atoms with Gasteiger partial charge in [0.2, 0.25) is 0 Å². The molecular formula is C15H21NO2. The fraction of sp³-hybridized carbons (Fsp3) is 0.533. The fourth-order valence-corrected chi connectivity index (χ4v) is 2.59. The number of phenolic OH excluding ortho intramolecular Hbond substituents is 1. The highest BCUT2D eigenvalue weighted by Gasteiger charge is 2.16. The minimum Gasteiger partial charge on any atom is -0.508 e. The first kappa shape index (κ1) is 12.9. The maximum absolute atomic E-state index is 12.0. The number of hydrogen-bond acceptors (Lipinski definition) is 2. The molecule has 0 aliphatic heterocycles. The van der Waals surface area contributed by atoms with Crippen molar-refractivity contribution < 1.29 is 9.90 Å². The number of rotatable bonds is 3. The van der Waals surface area contributed by atoms with Gasteiger partial charge in [0.15, 0.2) is 0 Å². The zero-order valence-electron chi connectivity index (χ0n) is 10.9. The summed E-state index contributed by atoms with van der Waals surface area (Å²) in [5.74, 6) is 0.731. The van der Waals surface area contributed by atoms with Crippen LogP contribution in [-0.2, 0) is 0 Å². The minimum atomic E-state index is -0.0750. The van der Waals surface area contributed by atoms with E-state index in [1.54, 1.807) is 25.1 Å². The highest BCUT2D eigenvalue weighted by molar-refractivity contribution is 5.96. The lowest BCUT2D eigenvalue weighted by Crippen LogP contribution is -2.30. The first-order chi connectivity index (χ1) is 8.68. The lowest BCUT2D eigenvalue weighted by molar-refractivity contribution is 0.0942. The highest BCUT2D eigenvalue weighted by Crippen LogP contribution is 2.23. The van der Waals surface area contributed by atoms with E-state index in [2.05, 4.69) is 5.32 Å². The first-order valence-corrected chi connectivity index (χ1v) is 6.75. The summed E-state index contributed by atoms with van der Waals surface area (Å²) in [6.45, 7) is 2.53. The molecule has 18 heavy (non-hydrogen) atoms. The molecule has 98 valence electrons. The Morgan fingerprint density at radius 2 is 2.06 bits per heavy atom. The van der Waals surface area contributed by atoms with E-state index in [-0.39, 0.29) is 11.7 Å². The summed E-state index contributed by atoms with van der Waals surface area (Å²) in [6, 6.07) is 5.07. The van der Waals surface area contributed by atoms with Gasteiger partial charge in [-0.05, 0) is 37.8 Å². The van der Waals surface area contributed by atoms with Crippen molar-refractivity contribution in [3.8, 4) is 5.75 Å². The Morgan fingerprint density at radius 1 is 1.33 bits per heavy atom. The van der Waals surface area contributed by atoms with E-state index < -0.39 is 0 Å². The van der Waals surface area contributed by atoms with Gasteiger partial charge in [-0.1, -0.05) is 25.3 Å². The summed E-state index contributed by atoms with van der Waals surface area (Å²) in [6.07, 6.45) is 6.34. The number of carbonyl (C=O) groups is 1. The van der Waals surface area contributed by atoms with Crippen molar-refractivity contribution in [1.82, 2.24) is 5.32 Å². The van der Waals surface area contributed by atoms with Crippen LogP contribution < -0.4 is 5.32 Å². The molecule has 1 saturated carbocycles. The summed E-state index contributed by atoms with van der Waals surface area (Å²) in [5.41, 5.74) is 1.23. The first-order valence-electron chi connectivity index (χ1n) is 6.75. The van der Waals surface area contributed by atoms with Crippen molar-refractivity contribution >= 4 is 5.91 Å². The van der Waals surface area contributed by atoms with Gasteiger partial charge in [0, 0.05) is 17.7 Å². The second kappa shape index (κ2) is 5.89. The van der Waals surface area contributed by atoms with Gasteiger partial charge in [0.1, 0.15) is 5.75 Å². The number of amides is 1. The van der Waals surface area contributed by atoms with Crippen LogP contribution >= 0.6 is 0 Å². The van der Waals surface area contributed by atoms with Crippen LogP contribution in [0, 0.1) is 12.8 Å². The van der Waals surface area contributed by atoms with E-state index in [0.717, 1.165) is 6.54 Å². The second-order valence-electron chi connectivity index (χ2n) is 5.16. The Hall–Kier alpha value is -1.51. The summed E-state index contributed by atoms with van der Waals surface area (Å²) in [7, 11) is 0. The third-order valence-electron chi connectivity index (χ3n) is 3.83. The smallest absolute Gasteiger partial charge is 0.251 e. The molecule has 0 spiro atoms. The molecule has 0 radical (unpaired) electrons.